The average molecular weight is 229 g/mol. The predicted octanol–water partition coefficient (Wildman–Crippen LogP) is 0.562. The maximum atomic E-state index is 4.52. The monoisotopic (exact) mass is 229 g/mol. The van der Waals surface area contributed by atoms with Gasteiger partial charge in [0.2, 0.25) is 0 Å². The zero-order chi connectivity index (χ0) is 8.67. The first-order chi connectivity index (χ1) is 6.45. The first-order valence-electron chi connectivity index (χ1n) is 4.26. The number of rotatable bonds is 0. The van der Waals surface area contributed by atoms with Crippen molar-refractivity contribution in [1.29, 1.82) is 0 Å². The minimum atomic E-state index is -0.185. The third kappa shape index (κ3) is 1.04. The summed E-state index contributed by atoms with van der Waals surface area (Å²) in [7, 11) is 0. The van der Waals surface area contributed by atoms with Crippen molar-refractivity contribution >= 4 is 31.6 Å². The molecular formula is C11H8AsN. The van der Waals surface area contributed by atoms with Crippen molar-refractivity contribution < 1.29 is 0 Å². The van der Waals surface area contributed by atoms with Gasteiger partial charge in [0.25, 0.3) is 0 Å². The average Bonchev–Trinajstić information content (AvgIpc) is 2.65. The van der Waals surface area contributed by atoms with Gasteiger partial charge >= 0.3 is 82.5 Å². The molecule has 1 aliphatic rings. The molecule has 2 aromatic rings. The molecule has 1 heterocycles. The van der Waals surface area contributed by atoms with E-state index in [9.17, 15) is 0 Å². The Morgan fingerprint density at radius 3 is 2.92 bits per heavy atom. The van der Waals surface area contributed by atoms with E-state index in [1.165, 1.54) is 21.3 Å². The second kappa shape index (κ2) is 2.71. The molecule has 0 aromatic heterocycles. The summed E-state index contributed by atoms with van der Waals surface area (Å²) in [5.74, 6) is 0. The van der Waals surface area contributed by atoms with Crippen LogP contribution in [-0.4, -0.2) is 16.0 Å². The quantitative estimate of drug-likeness (QED) is 0.585. The van der Waals surface area contributed by atoms with Crippen LogP contribution in [0.2, 0.25) is 0 Å². The fourth-order valence-corrected chi connectivity index (χ4v) is 3.44. The van der Waals surface area contributed by atoms with E-state index in [0.717, 1.165) is 0 Å². The Balaban J connectivity index is 2.67. The van der Waals surface area contributed by atoms with Gasteiger partial charge in [0, 0.05) is 0 Å². The SMILES string of the molecule is C1=c2c(ccc3ccccc23)=N[AsH]1. The molecule has 0 amide bonds. The fraction of sp³-hybridized carbons (Fsp3) is 0. The molecule has 62 valence electrons. The van der Waals surface area contributed by atoms with Crippen LogP contribution in [0.4, 0.5) is 0 Å². The van der Waals surface area contributed by atoms with E-state index >= 15 is 0 Å². The molecule has 0 spiro atoms. The van der Waals surface area contributed by atoms with Gasteiger partial charge in [0.15, 0.2) is 0 Å². The molecule has 0 bridgehead atoms. The Labute approximate surface area is 82.7 Å². The van der Waals surface area contributed by atoms with Crippen LogP contribution in [0.1, 0.15) is 0 Å². The van der Waals surface area contributed by atoms with E-state index in [-0.39, 0.29) is 16.0 Å². The molecular weight excluding hydrogens is 221 g/mol. The Morgan fingerprint density at radius 1 is 1.00 bits per heavy atom. The number of benzene rings is 2. The van der Waals surface area contributed by atoms with E-state index in [2.05, 4.69) is 45.2 Å². The van der Waals surface area contributed by atoms with Crippen molar-refractivity contribution in [1.82, 2.24) is 0 Å². The van der Waals surface area contributed by atoms with Crippen LogP contribution in [0.3, 0.4) is 0 Å². The van der Waals surface area contributed by atoms with Gasteiger partial charge in [-0.05, 0) is 0 Å². The molecule has 0 aliphatic carbocycles. The number of nitrogens with zero attached hydrogens (tertiary/aromatic N) is 1. The second-order valence-corrected chi connectivity index (χ2v) is 4.72. The van der Waals surface area contributed by atoms with Gasteiger partial charge in [-0.3, -0.25) is 0 Å². The summed E-state index contributed by atoms with van der Waals surface area (Å²) >= 11 is -0.185. The predicted molar refractivity (Wildman–Crippen MR) is 56.3 cm³/mol. The molecule has 0 N–H and O–H groups in total. The molecule has 1 nitrogen and oxygen atoms in total. The van der Waals surface area contributed by atoms with Crippen LogP contribution in [0.15, 0.2) is 40.3 Å². The first kappa shape index (κ1) is 7.34. The van der Waals surface area contributed by atoms with Crippen molar-refractivity contribution in [2.75, 3.05) is 0 Å². The molecule has 13 heavy (non-hydrogen) atoms. The van der Waals surface area contributed by atoms with Crippen LogP contribution in [0, 0.1) is 0 Å². The van der Waals surface area contributed by atoms with Crippen molar-refractivity contribution in [3.8, 4) is 0 Å². The van der Waals surface area contributed by atoms with Crippen molar-refractivity contribution in [2.24, 2.45) is 3.91 Å². The normalized spacial score (nSPS) is 15.4. The molecule has 0 saturated heterocycles. The topological polar surface area (TPSA) is 12.4 Å². The Bertz CT molecular complexity index is 587. The zero-order valence-electron chi connectivity index (χ0n) is 6.99. The standard InChI is InChI=1S/C11H8AsN/c1-2-4-9-8(3-1)5-6-11-10(9)7-12-13-11/h1-7,12H. The van der Waals surface area contributed by atoms with Crippen LogP contribution in [-0.2, 0) is 0 Å². The van der Waals surface area contributed by atoms with Crippen LogP contribution >= 0.6 is 0 Å². The van der Waals surface area contributed by atoms with E-state index in [1.807, 2.05) is 0 Å². The third-order valence-corrected chi connectivity index (χ3v) is 3.99. The summed E-state index contributed by atoms with van der Waals surface area (Å²) in [6.45, 7) is 0. The summed E-state index contributed by atoms with van der Waals surface area (Å²) in [5, 5.41) is 5.22. The molecule has 3 rings (SSSR count). The minimum absolute atomic E-state index is 0.185. The van der Waals surface area contributed by atoms with Crippen LogP contribution in [0.5, 0.6) is 0 Å². The summed E-state index contributed by atoms with van der Waals surface area (Å²) in [6.07, 6.45) is 0. The van der Waals surface area contributed by atoms with Crippen molar-refractivity contribution in [3.63, 3.8) is 0 Å². The van der Waals surface area contributed by atoms with Crippen LogP contribution in [0.25, 0.3) is 15.6 Å². The van der Waals surface area contributed by atoms with Gasteiger partial charge in [0.1, 0.15) is 0 Å². The van der Waals surface area contributed by atoms with Gasteiger partial charge in [0.05, 0.1) is 0 Å². The number of hydrogen-bond donors (Lipinski definition) is 0. The molecule has 0 fully saturated rings. The first-order valence-corrected chi connectivity index (χ1v) is 6.41. The number of hydrogen-bond acceptors (Lipinski definition) is 1. The van der Waals surface area contributed by atoms with Gasteiger partial charge in [-0.15, -0.1) is 0 Å². The van der Waals surface area contributed by atoms with Gasteiger partial charge in [-0.1, -0.05) is 0 Å². The molecule has 1 atom stereocenters. The fourth-order valence-electron chi connectivity index (χ4n) is 1.70. The van der Waals surface area contributed by atoms with E-state index < -0.39 is 0 Å². The molecule has 1 aliphatic heterocycles. The van der Waals surface area contributed by atoms with E-state index in [1.54, 1.807) is 0 Å². The molecule has 2 heteroatoms. The van der Waals surface area contributed by atoms with Crippen molar-refractivity contribution in [3.05, 3.63) is 47.0 Å². The van der Waals surface area contributed by atoms with Crippen LogP contribution < -0.4 is 10.6 Å². The molecule has 0 radical (unpaired) electrons. The summed E-state index contributed by atoms with van der Waals surface area (Å²) in [6, 6.07) is 12.8. The zero-order valence-corrected chi connectivity index (χ0v) is 9.09. The maximum absolute atomic E-state index is 4.52. The molecule has 2 aromatic carbocycles. The third-order valence-electron chi connectivity index (χ3n) is 2.34. The van der Waals surface area contributed by atoms with Gasteiger partial charge in [-0.25, -0.2) is 0 Å². The Kier molecular flexibility index (Phi) is 1.53. The van der Waals surface area contributed by atoms with Gasteiger partial charge in [-0.2, -0.15) is 0 Å². The molecule has 0 saturated carbocycles. The molecule has 1 unspecified atom stereocenters. The Morgan fingerprint density at radius 2 is 1.92 bits per heavy atom. The van der Waals surface area contributed by atoms with Crippen molar-refractivity contribution in [2.45, 2.75) is 0 Å². The summed E-state index contributed by atoms with van der Waals surface area (Å²) in [5.41, 5.74) is 0. The Hall–Kier alpha value is -1.07. The summed E-state index contributed by atoms with van der Waals surface area (Å²) in [4.78, 5) is 2.32. The van der Waals surface area contributed by atoms with E-state index in [4.69, 9.17) is 0 Å². The van der Waals surface area contributed by atoms with Gasteiger partial charge < -0.3 is 0 Å². The number of fused-ring (bicyclic) bond motifs is 3. The second-order valence-electron chi connectivity index (χ2n) is 3.10. The van der Waals surface area contributed by atoms with E-state index in [0.29, 0.717) is 0 Å². The summed E-state index contributed by atoms with van der Waals surface area (Å²) < 4.78 is 4.52.